The van der Waals surface area contributed by atoms with Crippen LogP contribution in [-0.4, -0.2) is 18.5 Å². The van der Waals surface area contributed by atoms with E-state index in [1.807, 2.05) is 48.5 Å². The number of para-hydroxylation sites is 1. The average Bonchev–Trinajstić information content (AvgIpc) is 2.67. The van der Waals surface area contributed by atoms with E-state index < -0.39 is 18.5 Å². The monoisotopic (exact) mass is 380 g/mol. The second kappa shape index (κ2) is 8.38. The van der Waals surface area contributed by atoms with Gasteiger partial charge < -0.3 is 15.8 Å². The van der Waals surface area contributed by atoms with E-state index in [0.717, 1.165) is 11.1 Å². The van der Waals surface area contributed by atoms with Crippen molar-refractivity contribution in [2.24, 2.45) is 0 Å². The molecule has 3 N–H and O–H groups in total. The Hall–Kier alpha value is -3.31. The molecule has 5 nitrogen and oxygen atoms in total. The zero-order chi connectivity index (χ0) is 19.2. The Morgan fingerprint density at radius 2 is 1.67 bits per heavy atom. The van der Waals surface area contributed by atoms with E-state index in [9.17, 15) is 9.59 Å². The molecule has 3 rings (SSSR count). The summed E-state index contributed by atoms with van der Waals surface area (Å²) in [4.78, 5) is 24.3. The topological polar surface area (TPSA) is 81.4 Å². The lowest BCUT2D eigenvalue weighted by molar-refractivity contribution is -0.119. The number of nitrogens with one attached hydrogen (secondary N) is 1. The van der Waals surface area contributed by atoms with Crippen molar-refractivity contribution >= 4 is 34.9 Å². The fourth-order valence-corrected chi connectivity index (χ4v) is 2.76. The predicted octanol–water partition coefficient (Wildman–Crippen LogP) is 4.38. The smallest absolute Gasteiger partial charge is 0.340 e. The molecule has 136 valence electrons. The summed E-state index contributed by atoms with van der Waals surface area (Å²) in [5, 5.41) is 3.19. The first-order chi connectivity index (χ1) is 13.0. The van der Waals surface area contributed by atoms with Crippen LogP contribution in [0, 0.1) is 0 Å². The van der Waals surface area contributed by atoms with Gasteiger partial charge in [-0.25, -0.2) is 4.79 Å². The lowest BCUT2D eigenvalue weighted by Gasteiger charge is -2.12. The number of hydrogen-bond acceptors (Lipinski definition) is 4. The number of ether oxygens (including phenoxy) is 1. The highest BCUT2D eigenvalue weighted by molar-refractivity contribution is 6.31. The molecule has 3 aromatic carbocycles. The third kappa shape index (κ3) is 4.65. The first kappa shape index (κ1) is 18.5. The minimum atomic E-state index is -0.685. The molecule has 0 heterocycles. The molecule has 6 heteroatoms. The van der Waals surface area contributed by atoms with Crippen LogP contribution in [0.15, 0.2) is 72.8 Å². The van der Waals surface area contributed by atoms with Gasteiger partial charge in [0.05, 0.1) is 5.56 Å². The van der Waals surface area contributed by atoms with Crippen LogP contribution >= 0.6 is 11.6 Å². The van der Waals surface area contributed by atoms with Gasteiger partial charge in [-0.05, 0) is 29.8 Å². The Morgan fingerprint density at radius 1 is 0.963 bits per heavy atom. The van der Waals surface area contributed by atoms with Crippen LogP contribution in [-0.2, 0) is 9.53 Å². The van der Waals surface area contributed by atoms with E-state index in [2.05, 4.69) is 5.32 Å². The first-order valence-electron chi connectivity index (χ1n) is 8.21. The van der Waals surface area contributed by atoms with E-state index in [0.29, 0.717) is 10.7 Å². The van der Waals surface area contributed by atoms with E-state index in [-0.39, 0.29) is 11.3 Å². The van der Waals surface area contributed by atoms with Crippen LogP contribution in [0.3, 0.4) is 0 Å². The van der Waals surface area contributed by atoms with Gasteiger partial charge in [-0.3, -0.25) is 4.79 Å². The molecule has 0 aliphatic heterocycles. The van der Waals surface area contributed by atoms with Crippen LogP contribution in [0.5, 0.6) is 0 Å². The van der Waals surface area contributed by atoms with Crippen LogP contribution in [0.1, 0.15) is 10.4 Å². The maximum absolute atomic E-state index is 12.2. The molecule has 27 heavy (non-hydrogen) atoms. The van der Waals surface area contributed by atoms with Crippen molar-refractivity contribution < 1.29 is 14.3 Å². The summed E-state index contributed by atoms with van der Waals surface area (Å²) in [7, 11) is 0. The van der Waals surface area contributed by atoms with Crippen LogP contribution < -0.4 is 11.1 Å². The van der Waals surface area contributed by atoms with Crippen LogP contribution in [0.25, 0.3) is 11.1 Å². The maximum atomic E-state index is 12.2. The lowest BCUT2D eigenvalue weighted by Crippen LogP contribution is -2.21. The standard InChI is InChI=1S/C21H17ClN2O3/c22-15-10-11-17(18(23)12-15)21(26)27-13-20(25)24-19-9-5-4-8-16(19)14-6-2-1-3-7-14/h1-12H,13,23H2,(H,24,25). The molecule has 0 aromatic heterocycles. The van der Waals surface area contributed by atoms with Gasteiger partial charge in [0.25, 0.3) is 5.91 Å². The minimum absolute atomic E-state index is 0.164. The number of nitrogens with two attached hydrogens (primary N) is 1. The molecule has 0 unspecified atom stereocenters. The highest BCUT2D eigenvalue weighted by Gasteiger charge is 2.14. The Labute approximate surface area is 161 Å². The molecule has 0 aliphatic rings. The molecule has 0 saturated carbocycles. The van der Waals surface area contributed by atoms with Crippen molar-refractivity contribution in [2.45, 2.75) is 0 Å². The summed E-state index contributed by atoms with van der Waals surface area (Å²) in [5.41, 5.74) is 8.59. The number of carbonyl (C=O) groups excluding carboxylic acids is 2. The molecular formula is C21H17ClN2O3. The van der Waals surface area contributed by atoms with E-state index in [4.69, 9.17) is 22.1 Å². The molecule has 0 atom stereocenters. The van der Waals surface area contributed by atoms with Gasteiger partial charge in [0, 0.05) is 22.0 Å². The third-order valence-corrected chi connectivity index (χ3v) is 4.09. The third-order valence-electron chi connectivity index (χ3n) is 3.85. The quantitative estimate of drug-likeness (QED) is 0.508. The number of anilines is 2. The molecular weight excluding hydrogens is 364 g/mol. The number of benzene rings is 3. The molecule has 0 spiro atoms. The van der Waals surface area contributed by atoms with Gasteiger partial charge in [-0.15, -0.1) is 0 Å². The van der Waals surface area contributed by atoms with Gasteiger partial charge in [-0.2, -0.15) is 0 Å². The number of carbonyl (C=O) groups is 2. The van der Waals surface area contributed by atoms with Crippen LogP contribution in [0.2, 0.25) is 5.02 Å². The predicted molar refractivity (Wildman–Crippen MR) is 107 cm³/mol. The fraction of sp³-hybridized carbons (Fsp3) is 0.0476. The molecule has 0 fully saturated rings. The average molecular weight is 381 g/mol. The normalized spacial score (nSPS) is 10.3. The molecule has 0 saturated heterocycles. The second-order valence-corrected chi connectivity index (χ2v) is 6.20. The highest BCUT2D eigenvalue weighted by Crippen LogP contribution is 2.27. The zero-order valence-corrected chi connectivity index (χ0v) is 15.1. The molecule has 0 aliphatic carbocycles. The van der Waals surface area contributed by atoms with Crippen molar-refractivity contribution in [1.29, 1.82) is 0 Å². The summed E-state index contributed by atoms with van der Waals surface area (Å²) in [6.07, 6.45) is 0. The van der Waals surface area contributed by atoms with E-state index in [1.54, 1.807) is 6.07 Å². The van der Waals surface area contributed by atoms with Gasteiger partial charge in [0.1, 0.15) is 0 Å². The number of halogens is 1. The van der Waals surface area contributed by atoms with Crippen molar-refractivity contribution in [3.8, 4) is 11.1 Å². The Kier molecular flexibility index (Phi) is 5.74. The largest absolute Gasteiger partial charge is 0.452 e. The number of nitrogen functional groups attached to an aromatic ring is 1. The molecule has 1 amide bonds. The van der Waals surface area contributed by atoms with Gasteiger partial charge >= 0.3 is 5.97 Å². The summed E-state index contributed by atoms with van der Waals surface area (Å²) in [6, 6.07) is 21.5. The first-order valence-corrected chi connectivity index (χ1v) is 8.59. The van der Waals surface area contributed by atoms with E-state index in [1.165, 1.54) is 18.2 Å². The summed E-state index contributed by atoms with van der Waals surface area (Å²) in [5.74, 6) is -1.13. The van der Waals surface area contributed by atoms with Crippen molar-refractivity contribution in [1.82, 2.24) is 0 Å². The Balaban J connectivity index is 1.66. The molecule has 0 bridgehead atoms. The number of amides is 1. The number of rotatable bonds is 5. The number of esters is 1. The zero-order valence-electron chi connectivity index (χ0n) is 14.3. The van der Waals surface area contributed by atoms with Crippen molar-refractivity contribution in [3.05, 3.63) is 83.4 Å². The Bertz CT molecular complexity index is 974. The van der Waals surface area contributed by atoms with Crippen molar-refractivity contribution in [3.63, 3.8) is 0 Å². The van der Waals surface area contributed by atoms with Gasteiger partial charge in [0.15, 0.2) is 6.61 Å². The van der Waals surface area contributed by atoms with E-state index >= 15 is 0 Å². The minimum Gasteiger partial charge on any atom is -0.452 e. The van der Waals surface area contributed by atoms with Gasteiger partial charge in [0.2, 0.25) is 0 Å². The fourth-order valence-electron chi connectivity index (χ4n) is 2.58. The summed E-state index contributed by atoms with van der Waals surface area (Å²) in [6.45, 7) is -0.427. The maximum Gasteiger partial charge on any atom is 0.340 e. The lowest BCUT2D eigenvalue weighted by atomic mass is 10.0. The summed E-state index contributed by atoms with van der Waals surface area (Å²) < 4.78 is 5.05. The molecule has 0 radical (unpaired) electrons. The summed E-state index contributed by atoms with van der Waals surface area (Å²) >= 11 is 5.81. The van der Waals surface area contributed by atoms with Crippen LogP contribution in [0.4, 0.5) is 11.4 Å². The molecule has 3 aromatic rings. The Morgan fingerprint density at radius 3 is 2.41 bits per heavy atom. The highest BCUT2D eigenvalue weighted by atomic mass is 35.5. The van der Waals surface area contributed by atoms with Gasteiger partial charge in [-0.1, -0.05) is 60.1 Å². The second-order valence-electron chi connectivity index (χ2n) is 5.77. The van der Waals surface area contributed by atoms with Crippen molar-refractivity contribution in [2.75, 3.05) is 17.7 Å². The SMILES string of the molecule is Nc1cc(Cl)ccc1C(=O)OCC(=O)Nc1ccccc1-c1ccccc1. The number of hydrogen-bond donors (Lipinski definition) is 2.